The molecule has 0 saturated heterocycles. The van der Waals surface area contributed by atoms with Gasteiger partial charge in [-0.05, 0) is 24.6 Å². The number of rotatable bonds is 5. The van der Waals surface area contributed by atoms with Gasteiger partial charge >= 0.3 is 12.0 Å². The molecule has 0 spiro atoms. The molecule has 1 aromatic rings. The Balaban J connectivity index is 1.88. The number of benzene rings is 1. The number of hydrogen-bond donors (Lipinski definition) is 3. The maximum Gasteiger partial charge on any atom is 0.315 e. The second-order valence-corrected chi connectivity index (χ2v) is 4.77. The highest BCUT2D eigenvalue weighted by atomic mass is 19.1. The summed E-state index contributed by atoms with van der Waals surface area (Å²) in [6.07, 6.45) is 0.923. The summed E-state index contributed by atoms with van der Waals surface area (Å²) >= 11 is 0. The van der Waals surface area contributed by atoms with Gasteiger partial charge in [-0.15, -0.1) is 0 Å². The van der Waals surface area contributed by atoms with Gasteiger partial charge in [-0.2, -0.15) is 0 Å². The number of urea groups is 1. The number of nitrogens with one attached hydrogen (secondary N) is 2. The molecule has 0 aromatic heterocycles. The summed E-state index contributed by atoms with van der Waals surface area (Å²) in [5, 5.41) is 13.8. The molecule has 1 aromatic carbocycles. The lowest BCUT2D eigenvalue weighted by molar-refractivity contribution is -0.137. The molecule has 2 amide bonds. The predicted molar refractivity (Wildman–Crippen MR) is 72.7 cm³/mol. The van der Waals surface area contributed by atoms with Gasteiger partial charge in [-0.25, -0.2) is 9.18 Å². The third kappa shape index (κ3) is 4.34. The molecule has 1 aliphatic heterocycles. The number of carboxylic acid groups (broad SMARTS) is 1. The van der Waals surface area contributed by atoms with Gasteiger partial charge in [-0.3, -0.25) is 4.79 Å². The Hall–Kier alpha value is -2.31. The molecule has 114 valence electrons. The van der Waals surface area contributed by atoms with Crippen LogP contribution < -0.4 is 15.4 Å². The first-order valence-corrected chi connectivity index (χ1v) is 6.74. The smallest absolute Gasteiger partial charge is 0.315 e. The zero-order valence-electron chi connectivity index (χ0n) is 11.4. The third-order valence-electron chi connectivity index (χ3n) is 3.17. The van der Waals surface area contributed by atoms with Crippen LogP contribution in [0.1, 0.15) is 30.9 Å². The van der Waals surface area contributed by atoms with E-state index in [-0.39, 0.29) is 24.8 Å². The van der Waals surface area contributed by atoms with E-state index in [0.717, 1.165) is 0 Å². The van der Waals surface area contributed by atoms with Crippen LogP contribution in [0.15, 0.2) is 18.2 Å². The summed E-state index contributed by atoms with van der Waals surface area (Å²) in [5.41, 5.74) is 0.613. The fourth-order valence-electron chi connectivity index (χ4n) is 2.17. The van der Waals surface area contributed by atoms with E-state index < -0.39 is 12.0 Å². The van der Waals surface area contributed by atoms with Crippen LogP contribution in [0.4, 0.5) is 9.18 Å². The molecule has 0 saturated carbocycles. The van der Waals surface area contributed by atoms with Crippen LogP contribution in [0.3, 0.4) is 0 Å². The van der Waals surface area contributed by atoms with Gasteiger partial charge in [0.05, 0.1) is 12.6 Å². The highest BCUT2D eigenvalue weighted by Gasteiger charge is 2.23. The van der Waals surface area contributed by atoms with Crippen molar-refractivity contribution in [3.05, 3.63) is 29.6 Å². The Morgan fingerprint density at radius 1 is 1.43 bits per heavy atom. The second-order valence-electron chi connectivity index (χ2n) is 4.77. The summed E-state index contributed by atoms with van der Waals surface area (Å²) in [6.45, 7) is 0.722. The van der Waals surface area contributed by atoms with Crippen molar-refractivity contribution in [2.75, 3.05) is 13.2 Å². The Morgan fingerprint density at radius 3 is 3.00 bits per heavy atom. The minimum Gasteiger partial charge on any atom is -0.493 e. The van der Waals surface area contributed by atoms with Crippen LogP contribution in [0, 0.1) is 5.82 Å². The molecule has 0 bridgehead atoms. The van der Waals surface area contributed by atoms with Crippen molar-refractivity contribution in [2.24, 2.45) is 0 Å². The number of fused-ring (bicyclic) bond motifs is 1. The lowest BCUT2D eigenvalue weighted by Gasteiger charge is -2.26. The number of carbonyl (C=O) groups excluding carboxylic acids is 1. The summed E-state index contributed by atoms with van der Waals surface area (Å²) in [7, 11) is 0. The SMILES string of the molecule is O=C(O)CCCNC(=O)NC1CCOc2ccc(F)cc21. The van der Waals surface area contributed by atoms with E-state index in [0.29, 0.717) is 30.8 Å². The number of carboxylic acids is 1. The Labute approximate surface area is 121 Å². The number of aliphatic carboxylic acids is 1. The maximum atomic E-state index is 13.3. The van der Waals surface area contributed by atoms with Crippen molar-refractivity contribution in [2.45, 2.75) is 25.3 Å². The largest absolute Gasteiger partial charge is 0.493 e. The fraction of sp³-hybridized carbons (Fsp3) is 0.429. The summed E-state index contributed by atoms with van der Waals surface area (Å²) in [4.78, 5) is 22.1. The van der Waals surface area contributed by atoms with E-state index in [2.05, 4.69) is 10.6 Å². The van der Waals surface area contributed by atoms with E-state index in [4.69, 9.17) is 9.84 Å². The van der Waals surface area contributed by atoms with E-state index in [9.17, 15) is 14.0 Å². The molecule has 0 aliphatic carbocycles. The standard InChI is InChI=1S/C14H17FN2O4/c15-9-3-4-12-10(8-9)11(5-7-21-12)17-14(20)16-6-1-2-13(18)19/h3-4,8,11H,1-2,5-7H2,(H,18,19)(H2,16,17,20). The first-order chi connectivity index (χ1) is 10.1. The van der Waals surface area contributed by atoms with E-state index in [1.807, 2.05) is 0 Å². The van der Waals surface area contributed by atoms with Gasteiger partial charge in [-0.1, -0.05) is 0 Å². The first-order valence-electron chi connectivity index (χ1n) is 6.74. The zero-order chi connectivity index (χ0) is 15.2. The van der Waals surface area contributed by atoms with Crippen LogP contribution in [0.25, 0.3) is 0 Å². The average molecular weight is 296 g/mol. The van der Waals surface area contributed by atoms with E-state index in [1.165, 1.54) is 12.1 Å². The molecule has 1 aliphatic rings. The van der Waals surface area contributed by atoms with Gasteiger partial charge < -0.3 is 20.5 Å². The van der Waals surface area contributed by atoms with Gasteiger partial charge in [0.15, 0.2) is 0 Å². The first kappa shape index (κ1) is 15.1. The van der Waals surface area contributed by atoms with Gasteiger partial charge in [0, 0.05) is 24.9 Å². The molecule has 0 fully saturated rings. The molecule has 3 N–H and O–H groups in total. The molecule has 0 radical (unpaired) electrons. The second kappa shape index (κ2) is 6.92. The van der Waals surface area contributed by atoms with Crippen molar-refractivity contribution in [1.29, 1.82) is 0 Å². The molecular formula is C14H17FN2O4. The molecule has 21 heavy (non-hydrogen) atoms. The Bertz CT molecular complexity index is 536. The highest BCUT2D eigenvalue weighted by Crippen LogP contribution is 2.32. The van der Waals surface area contributed by atoms with Crippen LogP contribution in [0.5, 0.6) is 5.75 Å². The molecule has 1 atom stereocenters. The number of carbonyl (C=O) groups is 2. The van der Waals surface area contributed by atoms with Crippen molar-refractivity contribution >= 4 is 12.0 Å². The lowest BCUT2D eigenvalue weighted by atomic mass is 10.0. The molecule has 2 rings (SSSR count). The predicted octanol–water partition coefficient (Wildman–Crippen LogP) is 1.81. The summed E-state index contributed by atoms with van der Waals surface area (Å²) < 4.78 is 18.7. The normalized spacial score (nSPS) is 16.5. The number of ether oxygens (including phenoxy) is 1. The van der Waals surface area contributed by atoms with Gasteiger partial charge in [0.1, 0.15) is 11.6 Å². The van der Waals surface area contributed by atoms with Gasteiger partial charge in [0.25, 0.3) is 0 Å². The summed E-state index contributed by atoms with van der Waals surface area (Å²) in [6, 6.07) is 3.49. The topological polar surface area (TPSA) is 87.7 Å². The highest BCUT2D eigenvalue weighted by molar-refractivity contribution is 5.74. The number of halogens is 1. The Morgan fingerprint density at radius 2 is 2.24 bits per heavy atom. The monoisotopic (exact) mass is 296 g/mol. The quantitative estimate of drug-likeness (QED) is 0.723. The molecule has 7 heteroatoms. The molecule has 1 heterocycles. The van der Waals surface area contributed by atoms with Crippen molar-refractivity contribution in [3.63, 3.8) is 0 Å². The summed E-state index contributed by atoms with van der Waals surface area (Å²) in [5.74, 6) is -0.710. The number of hydrogen-bond acceptors (Lipinski definition) is 3. The lowest BCUT2D eigenvalue weighted by Crippen LogP contribution is -2.40. The molecule has 6 nitrogen and oxygen atoms in total. The van der Waals surface area contributed by atoms with Gasteiger partial charge in [0.2, 0.25) is 0 Å². The van der Waals surface area contributed by atoms with Crippen molar-refractivity contribution in [1.82, 2.24) is 10.6 Å². The van der Waals surface area contributed by atoms with Crippen LogP contribution in [-0.2, 0) is 4.79 Å². The minimum atomic E-state index is -0.897. The fourth-order valence-corrected chi connectivity index (χ4v) is 2.17. The average Bonchev–Trinajstić information content (AvgIpc) is 2.44. The molecule has 1 unspecified atom stereocenters. The van der Waals surface area contributed by atoms with Crippen molar-refractivity contribution < 1.29 is 23.8 Å². The van der Waals surface area contributed by atoms with Crippen LogP contribution in [-0.4, -0.2) is 30.3 Å². The van der Waals surface area contributed by atoms with Crippen molar-refractivity contribution in [3.8, 4) is 5.75 Å². The Kier molecular flexibility index (Phi) is 4.97. The van der Waals surface area contributed by atoms with Crippen LogP contribution in [0.2, 0.25) is 0 Å². The van der Waals surface area contributed by atoms with Crippen LogP contribution >= 0.6 is 0 Å². The molecular weight excluding hydrogens is 279 g/mol. The maximum absolute atomic E-state index is 13.3. The number of amides is 2. The van der Waals surface area contributed by atoms with E-state index in [1.54, 1.807) is 6.07 Å². The third-order valence-corrected chi connectivity index (χ3v) is 3.17. The van der Waals surface area contributed by atoms with E-state index >= 15 is 0 Å². The zero-order valence-corrected chi connectivity index (χ0v) is 11.4. The minimum absolute atomic E-state index is 0.00555.